The second-order valence-electron chi connectivity index (χ2n) is 7.57. The molecule has 0 saturated heterocycles. The molecular weight excluding hydrogens is 484 g/mol. The fraction of sp³-hybridized carbons (Fsp3) is 0.261. The van der Waals surface area contributed by atoms with Crippen LogP contribution in [0.5, 0.6) is 0 Å². The van der Waals surface area contributed by atoms with E-state index in [9.17, 15) is 18.4 Å². The average molecular weight is 506 g/mol. The summed E-state index contributed by atoms with van der Waals surface area (Å²) < 4.78 is 29.4. The molecule has 0 bridgehead atoms. The Hall–Kier alpha value is -3.07. The largest absolute Gasteiger partial charge is 0.392 e. The number of allylic oxidation sites excluding steroid dienone is 2. The van der Waals surface area contributed by atoms with Gasteiger partial charge in [0.2, 0.25) is 5.91 Å². The van der Waals surface area contributed by atoms with Crippen LogP contribution in [0.2, 0.25) is 0 Å². The first kappa shape index (κ1) is 23.6. The molecule has 0 aliphatic carbocycles. The number of hydrogen-bond donors (Lipinski definition) is 2. The van der Waals surface area contributed by atoms with E-state index in [-0.39, 0.29) is 29.2 Å². The molecule has 168 valence electrons. The number of nitrogens with one attached hydrogen (secondary N) is 2. The first-order chi connectivity index (χ1) is 15.1. The number of ketones is 1. The van der Waals surface area contributed by atoms with Crippen molar-refractivity contribution in [2.75, 3.05) is 10.6 Å². The summed E-state index contributed by atoms with van der Waals surface area (Å²) >= 11 is 3.18. The minimum absolute atomic E-state index is 0.0549. The Labute approximate surface area is 192 Å². The normalized spacial score (nSPS) is 18.1. The summed E-state index contributed by atoms with van der Waals surface area (Å²) in [6.07, 6.45) is 0.969. The monoisotopic (exact) mass is 505 g/mol. The molecule has 2 atom stereocenters. The van der Waals surface area contributed by atoms with Gasteiger partial charge in [-0.15, -0.1) is 0 Å². The van der Waals surface area contributed by atoms with E-state index in [1.807, 2.05) is 13.8 Å². The molecule has 0 spiro atoms. The molecule has 1 amide bonds. The van der Waals surface area contributed by atoms with E-state index in [4.69, 9.17) is 4.84 Å². The van der Waals surface area contributed by atoms with Crippen molar-refractivity contribution in [1.29, 1.82) is 0 Å². The molecule has 2 unspecified atom stereocenters. The van der Waals surface area contributed by atoms with Crippen LogP contribution in [0.15, 0.2) is 51.7 Å². The molecule has 6 nitrogen and oxygen atoms in total. The van der Waals surface area contributed by atoms with Crippen molar-refractivity contribution >= 4 is 44.7 Å². The van der Waals surface area contributed by atoms with Crippen LogP contribution in [0.25, 0.3) is 0 Å². The maximum absolute atomic E-state index is 14.7. The smallest absolute Gasteiger partial charge is 0.221 e. The third kappa shape index (κ3) is 5.21. The highest BCUT2D eigenvalue weighted by Crippen LogP contribution is 2.31. The lowest BCUT2D eigenvalue weighted by atomic mass is 9.90. The maximum Gasteiger partial charge on any atom is 0.221 e. The minimum Gasteiger partial charge on any atom is -0.392 e. The van der Waals surface area contributed by atoms with E-state index in [1.54, 1.807) is 13.0 Å². The highest BCUT2D eigenvalue weighted by Gasteiger charge is 2.30. The van der Waals surface area contributed by atoms with Gasteiger partial charge in [0.1, 0.15) is 17.7 Å². The molecule has 1 heterocycles. The molecule has 0 saturated carbocycles. The number of amides is 1. The second kappa shape index (κ2) is 9.60. The van der Waals surface area contributed by atoms with E-state index >= 15 is 0 Å². The number of nitrogens with zero attached hydrogens (tertiary/aromatic N) is 1. The maximum atomic E-state index is 14.7. The van der Waals surface area contributed by atoms with E-state index in [0.717, 1.165) is 5.71 Å². The van der Waals surface area contributed by atoms with Gasteiger partial charge in [-0.2, -0.15) is 0 Å². The highest BCUT2D eigenvalue weighted by molar-refractivity contribution is 9.10. The lowest BCUT2D eigenvalue weighted by molar-refractivity contribution is -0.114. The van der Waals surface area contributed by atoms with Crippen LogP contribution in [0.4, 0.5) is 20.2 Å². The molecule has 9 heteroatoms. The summed E-state index contributed by atoms with van der Waals surface area (Å²) in [4.78, 5) is 29.2. The SMILES string of the molecule is CC(=O)Nc1cc(N/C(C)=C\C(=O)c2ccc(C3C(C)=NOC3C)cc2F)c(F)cc1Br. The van der Waals surface area contributed by atoms with Crippen molar-refractivity contribution in [2.45, 2.75) is 39.7 Å². The van der Waals surface area contributed by atoms with Crippen LogP contribution < -0.4 is 10.6 Å². The lowest BCUT2D eigenvalue weighted by Gasteiger charge is -2.15. The van der Waals surface area contributed by atoms with Crippen LogP contribution in [0.1, 0.15) is 49.5 Å². The molecule has 2 aromatic rings. The third-order valence-electron chi connectivity index (χ3n) is 4.95. The zero-order valence-corrected chi connectivity index (χ0v) is 19.5. The van der Waals surface area contributed by atoms with Gasteiger partial charge in [0.05, 0.1) is 28.6 Å². The second-order valence-corrected chi connectivity index (χ2v) is 8.42. The Morgan fingerprint density at radius 1 is 1.09 bits per heavy atom. The van der Waals surface area contributed by atoms with Gasteiger partial charge in [0.15, 0.2) is 5.78 Å². The summed E-state index contributed by atoms with van der Waals surface area (Å²) in [6.45, 7) is 6.54. The van der Waals surface area contributed by atoms with Gasteiger partial charge in [0, 0.05) is 23.2 Å². The zero-order chi connectivity index (χ0) is 23.6. The number of halogens is 3. The van der Waals surface area contributed by atoms with Crippen molar-refractivity contribution in [3.63, 3.8) is 0 Å². The molecular formula is C23H22BrF2N3O3. The number of oxime groups is 1. The van der Waals surface area contributed by atoms with E-state index < -0.39 is 17.4 Å². The van der Waals surface area contributed by atoms with E-state index in [1.165, 1.54) is 37.3 Å². The zero-order valence-electron chi connectivity index (χ0n) is 17.9. The average Bonchev–Trinajstić information content (AvgIpc) is 3.03. The number of anilines is 2. The summed E-state index contributed by atoms with van der Waals surface area (Å²) in [5.74, 6) is -2.31. The number of benzene rings is 2. The number of carbonyl (C=O) groups excluding carboxylic acids is 2. The van der Waals surface area contributed by atoms with Gasteiger partial charge in [-0.25, -0.2) is 8.78 Å². The Balaban J connectivity index is 1.80. The van der Waals surface area contributed by atoms with Gasteiger partial charge in [0.25, 0.3) is 0 Å². The molecule has 1 aliphatic heterocycles. The fourth-order valence-electron chi connectivity index (χ4n) is 3.51. The van der Waals surface area contributed by atoms with Gasteiger partial charge in [-0.1, -0.05) is 11.2 Å². The molecule has 32 heavy (non-hydrogen) atoms. The molecule has 2 aromatic carbocycles. The van der Waals surface area contributed by atoms with Gasteiger partial charge < -0.3 is 15.5 Å². The van der Waals surface area contributed by atoms with Crippen LogP contribution >= 0.6 is 15.9 Å². The Morgan fingerprint density at radius 3 is 2.41 bits per heavy atom. The standard InChI is InChI=1S/C23H22BrF2N3O3/c1-11(27-21-10-20(28-14(4)30)17(24)9-19(21)26)7-22(31)16-6-5-15(8-18(16)25)23-12(2)29-32-13(23)3/h5-10,13,23,27H,1-4H3,(H,28,30)/b11-7-. The topological polar surface area (TPSA) is 79.8 Å². The molecule has 3 rings (SSSR count). The molecule has 0 aromatic heterocycles. The van der Waals surface area contributed by atoms with Crippen LogP contribution in [0, 0.1) is 11.6 Å². The van der Waals surface area contributed by atoms with Gasteiger partial charge in [-0.05, 0) is 66.5 Å². The Morgan fingerprint density at radius 2 is 1.81 bits per heavy atom. The number of rotatable bonds is 6. The van der Waals surface area contributed by atoms with Crippen molar-refractivity contribution < 1.29 is 23.2 Å². The van der Waals surface area contributed by atoms with Crippen molar-refractivity contribution in [3.8, 4) is 0 Å². The lowest BCUT2D eigenvalue weighted by Crippen LogP contribution is -2.17. The van der Waals surface area contributed by atoms with Gasteiger partial charge in [-0.3, -0.25) is 9.59 Å². The molecule has 0 radical (unpaired) electrons. The highest BCUT2D eigenvalue weighted by atomic mass is 79.9. The first-order valence-corrected chi connectivity index (χ1v) is 10.6. The first-order valence-electron chi connectivity index (χ1n) is 9.83. The van der Waals surface area contributed by atoms with E-state index in [2.05, 4.69) is 31.7 Å². The quantitative estimate of drug-likeness (QED) is 0.386. The predicted molar refractivity (Wildman–Crippen MR) is 123 cm³/mol. The number of hydrogen-bond acceptors (Lipinski definition) is 5. The van der Waals surface area contributed by atoms with Crippen LogP contribution in [0.3, 0.4) is 0 Å². The third-order valence-corrected chi connectivity index (χ3v) is 5.60. The number of carbonyl (C=O) groups is 2. The summed E-state index contributed by atoms with van der Waals surface area (Å²) in [5.41, 5.74) is 2.03. The van der Waals surface area contributed by atoms with Crippen LogP contribution in [-0.4, -0.2) is 23.5 Å². The minimum atomic E-state index is -0.661. The summed E-state index contributed by atoms with van der Waals surface area (Å²) in [6, 6.07) is 7.00. The summed E-state index contributed by atoms with van der Waals surface area (Å²) in [5, 5.41) is 9.28. The van der Waals surface area contributed by atoms with Crippen molar-refractivity contribution in [3.05, 3.63) is 69.3 Å². The predicted octanol–water partition coefficient (Wildman–Crippen LogP) is 5.76. The molecule has 2 N–H and O–H groups in total. The van der Waals surface area contributed by atoms with Crippen molar-refractivity contribution in [1.82, 2.24) is 0 Å². The molecule has 1 aliphatic rings. The van der Waals surface area contributed by atoms with Crippen molar-refractivity contribution in [2.24, 2.45) is 5.16 Å². The van der Waals surface area contributed by atoms with Crippen LogP contribution in [-0.2, 0) is 9.63 Å². The Kier molecular flexibility index (Phi) is 7.08. The Bertz CT molecular complexity index is 1150. The fourth-order valence-corrected chi connectivity index (χ4v) is 3.93. The van der Waals surface area contributed by atoms with Gasteiger partial charge >= 0.3 is 0 Å². The van der Waals surface area contributed by atoms with E-state index in [0.29, 0.717) is 21.4 Å². The molecule has 0 fully saturated rings. The summed E-state index contributed by atoms with van der Waals surface area (Å²) in [7, 11) is 0.